The molecule has 0 bridgehead atoms. The summed E-state index contributed by atoms with van der Waals surface area (Å²) in [6.45, 7) is 0.730. The molecule has 1 amide bonds. The standard InChI is InChI=1S/C22H20FN5O3/c1-31-17-8-6-15(7-9-17)21(29)24-10-11-28-20-18(12-26-28)22(30)27(14-25-20)13-16-4-2-3-5-19(16)23/h2-9,12,14H,10-11,13H2,1H3,(H,24,29). The first-order chi connectivity index (χ1) is 15.1. The van der Waals surface area contributed by atoms with Crippen molar-refractivity contribution in [1.29, 1.82) is 0 Å². The van der Waals surface area contributed by atoms with Gasteiger partial charge in [0, 0.05) is 17.7 Å². The molecule has 158 valence electrons. The highest BCUT2D eigenvalue weighted by Crippen LogP contribution is 2.12. The Morgan fingerprint density at radius 3 is 2.68 bits per heavy atom. The van der Waals surface area contributed by atoms with Crippen LogP contribution in [0.1, 0.15) is 15.9 Å². The highest BCUT2D eigenvalue weighted by molar-refractivity contribution is 5.94. The monoisotopic (exact) mass is 421 g/mol. The van der Waals surface area contributed by atoms with Crippen LogP contribution in [0.2, 0.25) is 0 Å². The molecule has 0 saturated carbocycles. The maximum Gasteiger partial charge on any atom is 0.264 e. The van der Waals surface area contributed by atoms with E-state index in [1.54, 1.807) is 54.3 Å². The fourth-order valence-electron chi connectivity index (χ4n) is 3.20. The second-order valence-electron chi connectivity index (χ2n) is 6.86. The predicted molar refractivity (Wildman–Crippen MR) is 113 cm³/mol. The van der Waals surface area contributed by atoms with Crippen LogP contribution < -0.4 is 15.6 Å². The van der Waals surface area contributed by atoms with E-state index in [9.17, 15) is 14.0 Å². The molecule has 0 aliphatic rings. The van der Waals surface area contributed by atoms with Gasteiger partial charge < -0.3 is 10.1 Å². The van der Waals surface area contributed by atoms with Crippen LogP contribution in [-0.2, 0) is 13.1 Å². The van der Waals surface area contributed by atoms with Crippen molar-refractivity contribution in [3.05, 3.63) is 88.4 Å². The van der Waals surface area contributed by atoms with Crippen LogP contribution in [0.15, 0.2) is 65.8 Å². The van der Waals surface area contributed by atoms with Gasteiger partial charge in [-0.2, -0.15) is 5.10 Å². The summed E-state index contributed by atoms with van der Waals surface area (Å²) in [5.41, 5.74) is 1.02. The Morgan fingerprint density at radius 2 is 1.94 bits per heavy atom. The first-order valence-electron chi connectivity index (χ1n) is 9.63. The molecule has 2 aromatic carbocycles. The van der Waals surface area contributed by atoms with E-state index in [-0.39, 0.29) is 23.8 Å². The fourth-order valence-corrected chi connectivity index (χ4v) is 3.20. The zero-order valence-electron chi connectivity index (χ0n) is 16.8. The number of halogens is 1. The number of carbonyl (C=O) groups is 1. The van der Waals surface area contributed by atoms with E-state index in [0.717, 1.165) is 0 Å². The lowest BCUT2D eigenvalue weighted by atomic mass is 10.2. The number of fused-ring (bicyclic) bond motifs is 1. The van der Waals surface area contributed by atoms with E-state index in [1.807, 2.05) is 0 Å². The number of rotatable bonds is 7. The SMILES string of the molecule is COc1ccc(C(=O)NCCn2ncc3c(=O)n(Cc4ccccc4F)cnc32)cc1. The largest absolute Gasteiger partial charge is 0.497 e. The highest BCUT2D eigenvalue weighted by atomic mass is 19.1. The Balaban J connectivity index is 1.44. The molecular formula is C22H20FN5O3. The Kier molecular flexibility index (Phi) is 5.74. The van der Waals surface area contributed by atoms with Crippen molar-refractivity contribution in [2.45, 2.75) is 13.1 Å². The van der Waals surface area contributed by atoms with Crippen LogP contribution >= 0.6 is 0 Å². The van der Waals surface area contributed by atoms with Crippen molar-refractivity contribution in [2.75, 3.05) is 13.7 Å². The summed E-state index contributed by atoms with van der Waals surface area (Å²) >= 11 is 0. The fraction of sp³-hybridized carbons (Fsp3) is 0.182. The van der Waals surface area contributed by atoms with E-state index in [0.29, 0.717) is 41.0 Å². The summed E-state index contributed by atoms with van der Waals surface area (Å²) < 4.78 is 21.9. The number of nitrogens with one attached hydrogen (secondary N) is 1. The van der Waals surface area contributed by atoms with E-state index < -0.39 is 0 Å². The van der Waals surface area contributed by atoms with Gasteiger partial charge in [-0.05, 0) is 30.3 Å². The van der Waals surface area contributed by atoms with Crippen LogP contribution in [0, 0.1) is 5.82 Å². The Bertz CT molecular complexity index is 1280. The summed E-state index contributed by atoms with van der Waals surface area (Å²) in [6, 6.07) is 13.1. The minimum atomic E-state index is -0.377. The van der Waals surface area contributed by atoms with Gasteiger partial charge in [0.2, 0.25) is 0 Å². The Labute approximate surface area is 176 Å². The Hall–Kier alpha value is -4.01. The molecule has 8 nitrogen and oxygen atoms in total. The number of hydrogen-bond donors (Lipinski definition) is 1. The molecule has 0 radical (unpaired) electrons. The second-order valence-corrected chi connectivity index (χ2v) is 6.86. The van der Waals surface area contributed by atoms with E-state index in [2.05, 4.69) is 15.4 Å². The van der Waals surface area contributed by atoms with Gasteiger partial charge in [-0.3, -0.25) is 14.2 Å². The van der Waals surface area contributed by atoms with Gasteiger partial charge in [0.1, 0.15) is 23.3 Å². The van der Waals surface area contributed by atoms with Gasteiger partial charge in [0.05, 0.1) is 26.4 Å². The average molecular weight is 421 g/mol. The minimum Gasteiger partial charge on any atom is -0.497 e. The zero-order valence-corrected chi connectivity index (χ0v) is 16.8. The van der Waals surface area contributed by atoms with Gasteiger partial charge in [0.15, 0.2) is 5.65 Å². The molecule has 0 spiro atoms. The van der Waals surface area contributed by atoms with Crippen molar-refractivity contribution in [3.8, 4) is 5.75 Å². The molecule has 0 fully saturated rings. The molecule has 0 aliphatic carbocycles. The lowest BCUT2D eigenvalue weighted by molar-refractivity contribution is 0.0952. The predicted octanol–water partition coefficient (Wildman–Crippen LogP) is 2.22. The number of benzene rings is 2. The molecule has 2 heterocycles. The second kappa shape index (κ2) is 8.78. The lowest BCUT2D eigenvalue weighted by Gasteiger charge is -2.08. The summed E-state index contributed by atoms with van der Waals surface area (Å²) in [5.74, 6) is 0.0726. The van der Waals surface area contributed by atoms with E-state index in [4.69, 9.17) is 4.74 Å². The van der Waals surface area contributed by atoms with Gasteiger partial charge in [-0.1, -0.05) is 18.2 Å². The number of carbonyl (C=O) groups excluding carboxylic acids is 1. The maximum atomic E-state index is 13.9. The quantitative estimate of drug-likeness (QED) is 0.494. The molecule has 0 unspecified atom stereocenters. The minimum absolute atomic E-state index is 0.0809. The highest BCUT2D eigenvalue weighted by Gasteiger charge is 2.12. The van der Waals surface area contributed by atoms with Crippen LogP contribution in [-0.4, -0.2) is 38.9 Å². The van der Waals surface area contributed by atoms with Crippen LogP contribution in [0.25, 0.3) is 11.0 Å². The number of nitrogens with zero attached hydrogens (tertiary/aromatic N) is 4. The van der Waals surface area contributed by atoms with E-state index >= 15 is 0 Å². The van der Waals surface area contributed by atoms with E-state index in [1.165, 1.54) is 23.2 Å². The van der Waals surface area contributed by atoms with Gasteiger partial charge >= 0.3 is 0 Å². The van der Waals surface area contributed by atoms with Crippen molar-refractivity contribution < 1.29 is 13.9 Å². The molecule has 0 atom stereocenters. The van der Waals surface area contributed by atoms with Crippen LogP contribution in [0.4, 0.5) is 4.39 Å². The summed E-state index contributed by atoms with van der Waals surface area (Å²) in [4.78, 5) is 29.3. The number of aromatic nitrogens is 4. The molecule has 0 saturated heterocycles. The summed E-state index contributed by atoms with van der Waals surface area (Å²) in [6.07, 6.45) is 2.82. The topological polar surface area (TPSA) is 91.0 Å². The summed E-state index contributed by atoms with van der Waals surface area (Å²) in [7, 11) is 1.56. The van der Waals surface area contributed by atoms with Gasteiger partial charge in [-0.25, -0.2) is 14.1 Å². The molecule has 4 rings (SSSR count). The molecule has 2 aromatic heterocycles. The Morgan fingerprint density at radius 1 is 1.16 bits per heavy atom. The number of hydrogen-bond acceptors (Lipinski definition) is 5. The van der Waals surface area contributed by atoms with Gasteiger partial charge in [0.25, 0.3) is 11.5 Å². The van der Waals surface area contributed by atoms with Crippen molar-refractivity contribution >= 4 is 16.9 Å². The molecule has 9 heteroatoms. The molecule has 4 aromatic rings. The van der Waals surface area contributed by atoms with Crippen LogP contribution in [0.5, 0.6) is 5.75 Å². The van der Waals surface area contributed by atoms with Crippen molar-refractivity contribution in [1.82, 2.24) is 24.6 Å². The smallest absolute Gasteiger partial charge is 0.264 e. The average Bonchev–Trinajstić information content (AvgIpc) is 3.21. The first-order valence-corrected chi connectivity index (χ1v) is 9.63. The molecule has 1 N–H and O–H groups in total. The maximum absolute atomic E-state index is 13.9. The lowest BCUT2D eigenvalue weighted by Crippen LogP contribution is -2.27. The molecule has 31 heavy (non-hydrogen) atoms. The van der Waals surface area contributed by atoms with Crippen LogP contribution in [0.3, 0.4) is 0 Å². The normalized spacial score (nSPS) is 10.9. The third kappa shape index (κ3) is 4.30. The number of amides is 1. The first kappa shape index (κ1) is 20.3. The number of ether oxygens (including phenoxy) is 1. The molecule has 0 aliphatic heterocycles. The third-order valence-electron chi connectivity index (χ3n) is 4.88. The number of methoxy groups -OCH3 is 1. The zero-order chi connectivity index (χ0) is 21.8. The third-order valence-corrected chi connectivity index (χ3v) is 4.88. The van der Waals surface area contributed by atoms with Crippen molar-refractivity contribution in [2.24, 2.45) is 0 Å². The van der Waals surface area contributed by atoms with Gasteiger partial charge in [-0.15, -0.1) is 0 Å². The van der Waals surface area contributed by atoms with Crippen molar-refractivity contribution in [3.63, 3.8) is 0 Å². The molecular weight excluding hydrogens is 401 g/mol. The summed E-state index contributed by atoms with van der Waals surface area (Å²) in [5, 5.41) is 7.36.